The van der Waals surface area contributed by atoms with Gasteiger partial charge in [-0.1, -0.05) is 11.6 Å². The Morgan fingerprint density at radius 1 is 1.65 bits per heavy atom. The number of nitrogens with one attached hydrogen (secondary N) is 2. The van der Waals surface area contributed by atoms with Gasteiger partial charge in [-0.05, 0) is 31.7 Å². The summed E-state index contributed by atoms with van der Waals surface area (Å²) in [4.78, 5) is 11.9. The third-order valence-electron chi connectivity index (χ3n) is 3.51. The van der Waals surface area contributed by atoms with Crippen LogP contribution in [0, 0.1) is 5.41 Å². The molecule has 2 rings (SSSR count). The zero-order valence-electron chi connectivity index (χ0n) is 9.94. The van der Waals surface area contributed by atoms with Crippen molar-refractivity contribution < 1.29 is 4.79 Å². The lowest BCUT2D eigenvalue weighted by atomic mass is 9.66. The number of amides is 1. The summed E-state index contributed by atoms with van der Waals surface area (Å²) in [5.74, 6) is 0.501. The molecule has 0 spiro atoms. The number of nitrogens with two attached hydrogens (primary N) is 1. The Hall–Kier alpha value is -1.50. The molecule has 0 bridgehead atoms. The van der Waals surface area contributed by atoms with Gasteiger partial charge in [0.2, 0.25) is 5.91 Å². The Morgan fingerprint density at radius 3 is 2.88 bits per heavy atom. The first-order valence-electron chi connectivity index (χ1n) is 5.88. The molecule has 1 unspecified atom stereocenters. The average Bonchev–Trinajstić information content (AvgIpc) is 2.76. The molecule has 1 saturated carbocycles. The lowest BCUT2D eigenvalue weighted by Crippen LogP contribution is -2.42. The smallest absolute Gasteiger partial charge is 0.221 e. The van der Waals surface area contributed by atoms with Crippen LogP contribution in [0.5, 0.6) is 0 Å². The average molecular weight is 238 g/mol. The van der Waals surface area contributed by atoms with Crippen LogP contribution in [-0.4, -0.2) is 33.1 Å². The van der Waals surface area contributed by atoms with Gasteiger partial charge in [0, 0.05) is 6.42 Å². The first-order valence-corrected chi connectivity index (χ1v) is 5.88. The standard InChI is InChI=1S/C10H18N6O/c1-7(9-13-15-16-14-9)12-8(17)5-10(6-11)3-2-4-10/h7H,2-6,11H2,1H3,(H,12,17)(H,13,14,15,16). The lowest BCUT2D eigenvalue weighted by molar-refractivity contribution is -0.125. The zero-order chi connectivity index (χ0) is 12.3. The van der Waals surface area contributed by atoms with Crippen LogP contribution in [0.2, 0.25) is 0 Å². The highest BCUT2D eigenvalue weighted by Crippen LogP contribution is 2.42. The Morgan fingerprint density at radius 2 is 2.41 bits per heavy atom. The van der Waals surface area contributed by atoms with Gasteiger partial charge in [-0.2, -0.15) is 5.21 Å². The van der Waals surface area contributed by atoms with E-state index in [1.165, 1.54) is 6.42 Å². The van der Waals surface area contributed by atoms with Crippen LogP contribution in [0.15, 0.2) is 0 Å². The normalized spacial score (nSPS) is 19.4. The van der Waals surface area contributed by atoms with Crippen LogP contribution in [0.3, 0.4) is 0 Å². The van der Waals surface area contributed by atoms with E-state index in [-0.39, 0.29) is 17.4 Å². The maximum absolute atomic E-state index is 11.9. The molecular weight excluding hydrogens is 220 g/mol. The summed E-state index contributed by atoms with van der Waals surface area (Å²) in [6, 6.07) is -0.226. The van der Waals surface area contributed by atoms with E-state index < -0.39 is 0 Å². The zero-order valence-corrected chi connectivity index (χ0v) is 9.94. The van der Waals surface area contributed by atoms with E-state index in [2.05, 4.69) is 25.9 Å². The Bertz CT molecular complexity index is 367. The van der Waals surface area contributed by atoms with Gasteiger partial charge in [0.05, 0.1) is 6.04 Å². The van der Waals surface area contributed by atoms with E-state index in [4.69, 9.17) is 5.73 Å². The molecule has 1 aromatic heterocycles. The van der Waals surface area contributed by atoms with Crippen LogP contribution in [-0.2, 0) is 4.79 Å². The number of hydrogen-bond donors (Lipinski definition) is 3. The molecule has 0 radical (unpaired) electrons. The van der Waals surface area contributed by atoms with Crippen molar-refractivity contribution in [2.45, 2.75) is 38.6 Å². The van der Waals surface area contributed by atoms with E-state index >= 15 is 0 Å². The summed E-state index contributed by atoms with van der Waals surface area (Å²) in [6.07, 6.45) is 3.76. The maximum atomic E-state index is 11.9. The molecule has 7 nitrogen and oxygen atoms in total. The van der Waals surface area contributed by atoms with Crippen molar-refractivity contribution >= 4 is 5.91 Å². The molecule has 0 saturated heterocycles. The van der Waals surface area contributed by atoms with Gasteiger partial charge in [-0.15, -0.1) is 10.2 Å². The van der Waals surface area contributed by atoms with Gasteiger partial charge < -0.3 is 11.1 Å². The van der Waals surface area contributed by atoms with Crippen LogP contribution >= 0.6 is 0 Å². The minimum Gasteiger partial charge on any atom is -0.346 e. The molecule has 1 aliphatic rings. The molecule has 7 heteroatoms. The second-order valence-electron chi connectivity index (χ2n) is 4.79. The third kappa shape index (κ3) is 2.60. The topological polar surface area (TPSA) is 110 Å². The Kier molecular flexibility index (Phi) is 3.37. The van der Waals surface area contributed by atoms with Gasteiger partial charge in [-0.3, -0.25) is 4.79 Å². The van der Waals surface area contributed by atoms with E-state index in [9.17, 15) is 4.79 Å². The van der Waals surface area contributed by atoms with Crippen LogP contribution in [0.4, 0.5) is 0 Å². The highest BCUT2D eigenvalue weighted by molar-refractivity contribution is 5.77. The minimum atomic E-state index is -0.226. The van der Waals surface area contributed by atoms with Crippen molar-refractivity contribution in [3.8, 4) is 0 Å². The molecule has 1 aliphatic carbocycles. The number of H-pyrrole nitrogens is 1. The molecule has 1 atom stereocenters. The molecule has 0 aromatic carbocycles. The fraction of sp³-hybridized carbons (Fsp3) is 0.800. The summed E-state index contributed by atoms with van der Waals surface area (Å²) < 4.78 is 0. The summed E-state index contributed by atoms with van der Waals surface area (Å²) >= 11 is 0. The number of tetrazole rings is 1. The fourth-order valence-corrected chi connectivity index (χ4v) is 2.18. The number of carbonyl (C=O) groups excluding carboxylic acids is 1. The Labute approximate surface area is 99.5 Å². The van der Waals surface area contributed by atoms with Crippen LogP contribution < -0.4 is 11.1 Å². The van der Waals surface area contributed by atoms with E-state index in [1.807, 2.05) is 6.92 Å². The number of nitrogens with zero attached hydrogens (tertiary/aromatic N) is 3. The largest absolute Gasteiger partial charge is 0.346 e. The highest BCUT2D eigenvalue weighted by Gasteiger charge is 2.37. The number of hydrogen-bond acceptors (Lipinski definition) is 5. The molecule has 94 valence electrons. The summed E-state index contributed by atoms with van der Waals surface area (Å²) in [6.45, 7) is 2.41. The molecular formula is C10H18N6O. The number of carbonyl (C=O) groups is 1. The Balaban J connectivity index is 1.85. The fourth-order valence-electron chi connectivity index (χ4n) is 2.18. The van der Waals surface area contributed by atoms with Crippen molar-refractivity contribution in [3.63, 3.8) is 0 Å². The van der Waals surface area contributed by atoms with Crippen LogP contribution in [0.25, 0.3) is 0 Å². The number of aromatic nitrogens is 4. The summed E-state index contributed by atoms with van der Waals surface area (Å²) in [5.41, 5.74) is 5.75. The van der Waals surface area contributed by atoms with E-state index in [0.717, 1.165) is 12.8 Å². The first-order chi connectivity index (χ1) is 8.15. The summed E-state index contributed by atoms with van der Waals surface area (Å²) in [5, 5.41) is 16.4. The molecule has 1 aromatic rings. The monoisotopic (exact) mass is 238 g/mol. The van der Waals surface area contributed by atoms with E-state index in [0.29, 0.717) is 18.8 Å². The SMILES string of the molecule is CC(NC(=O)CC1(CN)CCC1)c1nn[nH]n1. The quantitative estimate of drug-likeness (QED) is 0.663. The molecule has 1 fully saturated rings. The van der Waals surface area contributed by atoms with E-state index in [1.54, 1.807) is 0 Å². The third-order valence-corrected chi connectivity index (χ3v) is 3.51. The highest BCUT2D eigenvalue weighted by atomic mass is 16.1. The number of aromatic amines is 1. The second-order valence-corrected chi connectivity index (χ2v) is 4.79. The van der Waals surface area contributed by atoms with Crippen molar-refractivity contribution in [1.82, 2.24) is 25.9 Å². The van der Waals surface area contributed by atoms with Gasteiger partial charge >= 0.3 is 0 Å². The van der Waals surface area contributed by atoms with Gasteiger partial charge in [0.25, 0.3) is 0 Å². The van der Waals surface area contributed by atoms with Gasteiger partial charge in [-0.25, -0.2) is 0 Å². The van der Waals surface area contributed by atoms with Crippen molar-refractivity contribution in [2.75, 3.05) is 6.54 Å². The van der Waals surface area contributed by atoms with Crippen molar-refractivity contribution in [2.24, 2.45) is 11.1 Å². The summed E-state index contributed by atoms with van der Waals surface area (Å²) in [7, 11) is 0. The number of rotatable bonds is 5. The molecule has 0 aliphatic heterocycles. The van der Waals surface area contributed by atoms with Gasteiger partial charge in [0.1, 0.15) is 0 Å². The molecule has 17 heavy (non-hydrogen) atoms. The van der Waals surface area contributed by atoms with Crippen molar-refractivity contribution in [3.05, 3.63) is 5.82 Å². The first kappa shape index (κ1) is 12.0. The molecule has 1 heterocycles. The van der Waals surface area contributed by atoms with Crippen LogP contribution in [0.1, 0.15) is 44.5 Å². The second kappa shape index (κ2) is 4.79. The van der Waals surface area contributed by atoms with Gasteiger partial charge in [0.15, 0.2) is 5.82 Å². The predicted molar refractivity (Wildman–Crippen MR) is 60.7 cm³/mol. The lowest BCUT2D eigenvalue weighted by Gasteiger charge is -2.40. The maximum Gasteiger partial charge on any atom is 0.221 e. The predicted octanol–water partition coefficient (Wildman–Crippen LogP) is -0.104. The molecule has 4 N–H and O–H groups in total. The van der Waals surface area contributed by atoms with Crippen molar-refractivity contribution in [1.29, 1.82) is 0 Å². The molecule has 1 amide bonds. The minimum absolute atomic E-state index is 0.00690.